The van der Waals surface area contributed by atoms with Crippen LogP contribution in [0.25, 0.3) is 5.82 Å². The fourth-order valence-electron chi connectivity index (χ4n) is 2.32. The van der Waals surface area contributed by atoms with Crippen LogP contribution in [0.2, 0.25) is 0 Å². The van der Waals surface area contributed by atoms with Crippen LogP contribution < -0.4 is 15.4 Å². The quantitative estimate of drug-likeness (QED) is 0.587. The smallest absolute Gasteiger partial charge is 0.258 e. The van der Waals surface area contributed by atoms with Gasteiger partial charge in [-0.15, -0.1) is 0 Å². The zero-order valence-electron chi connectivity index (χ0n) is 14.7. The van der Waals surface area contributed by atoms with E-state index in [1.54, 1.807) is 12.3 Å². The second kappa shape index (κ2) is 8.75. The zero-order valence-corrected chi connectivity index (χ0v) is 14.7. The fraction of sp³-hybridized carbons (Fsp3) is 0.222. The molecule has 2 heterocycles. The van der Waals surface area contributed by atoms with Gasteiger partial charge in [0.2, 0.25) is 0 Å². The molecular formula is C18H19FN6O2. The maximum Gasteiger partial charge on any atom is 0.258 e. The molecule has 27 heavy (non-hydrogen) atoms. The lowest BCUT2D eigenvalue weighted by molar-refractivity contribution is -0.123. The number of anilines is 1. The molecule has 0 atom stereocenters. The first-order valence-electron chi connectivity index (χ1n) is 8.33. The second-order valence-electron chi connectivity index (χ2n) is 5.63. The molecule has 0 unspecified atom stereocenters. The maximum atomic E-state index is 12.8. The van der Waals surface area contributed by atoms with Crippen molar-refractivity contribution in [1.29, 1.82) is 0 Å². The van der Waals surface area contributed by atoms with Crippen molar-refractivity contribution >= 4 is 11.7 Å². The number of imidazole rings is 1. The number of nitrogens with zero attached hydrogens (tertiary/aromatic N) is 4. The number of halogens is 1. The molecule has 0 saturated carbocycles. The molecule has 8 nitrogen and oxygen atoms in total. The number of amides is 1. The number of carbonyl (C=O) groups excluding carboxylic acids is 1. The van der Waals surface area contributed by atoms with E-state index in [0.717, 1.165) is 5.82 Å². The predicted molar refractivity (Wildman–Crippen MR) is 97.3 cm³/mol. The Morgan fingerprint density at radius 2 is 2.00 bits per heavy atom. The zero-order chi connectivity index (χ0) is 19.1. The fourth-order valence-corrected chi connectivity index (χ4v) is 2.32. The average Bonchev–Trinajstić information content (AvgIpc) is 3.11. The van der Waals surface area contributed by atoms with E-state index in [2.05, 4.69) is 25.6 Å². The molecule has 1 amide bonds. The van der Waals surface area contributed by atoms with Gasteiger partial charge in [0.15, 0.2) is 6.61 Å². The van der Waals surface area contributed by atoms with Gasteiger partial charge < -0.3 is 15.4 Å². The van der Waals surface area contributed by atoms with E-state index in [1.165, 1.54) is 30.6 Å². The molecule has 0 spiro atoms. The van der Waals surface area contributed by atoms with Crippen molar-refractivity contribution in [3.8, 4) is 11.6 Å². The van der Waals surface area contributed by atoms with Crippen molar-refractivity contribution in [2.45, 2.75) is 6.92 Å². The summed E-state index contributed by atoms with van der Waals surface area (Å²) in [5.41, 5.74) is 0. The molecule has 0 aliphatic carbocycles. The standard InChI is InChI=1S/C18H19FN6O2/c1-13-20-8-9-25(13)17-10-16(23-12-24-17)21-6-7-22-18(26)11-27-15-4-2-14(19)3-5-15/h2-5,8-10,12H,6-7,11H2,1H3,(H,22,26)(H,21,23,24). The molecule has 0 aliphatic rings. The first-order valence-corrected chi connectivity index (χ1v) is 8.33. The Labute approximate surface area is 155 Å². The summed E-state index contributed by atoms with van der Waals surface area (Å²) >= 11 is 0. The Morgan fingerprint density at radius 3 is 2.74 bits per heavy atom. The molecule has 9 heteroatoms. The van der Waals surface area contributed by atoms with Crippen LogP contribution >= 0.6 is 0 Å². The summed E-state index contributed by atoms with van der Waals surface area (Å²) in [6.07, 6.45) is 4.99. The summed E-state index contributed by atoms with van der Waals surface area (Å²) in [5, 5.41) is 5.85. The van der Waals surface area contributed by atoms with Crippen LogP contribution in [0.1, 0.15) is 5.82 Å². The Hall–Kier alpha value is -3.49. The number of aryl methyl sites for hydroxylation is 1. The molecule has 2 aromatic heterocycles. The molecule has 1 aromatic carbocycles. The summed E-state index contributed by atoms with van der Waals surface area (Å²) in [4.78, 5) is 24.3. The van der Waals surface area contributed by atoms with Crippen LogP contribution in [0.3, 0.4) is 0 Å². The van der Waals surface area contributed by atoms with Gasteiger partial charge in [-0.3, -0.25) is 9.36 Å². The Bertz CT molecular complexity index is 897. The minimum Gasteiger partial charge on any atom is -0.484 e. The molecule has 0 fully saturated rings. The maximum absolute atomic E-state index is 12.8. The highest BCUT2D eigenvalue weighted by Crippen LogP contribution is 2.11. The van der Waals surface area contributed by atoms with Gasteiger partial charge in [-0.2, -0.15) is 0 Å². The van der Waals surface area contributed by atoms with Crippen molar-refractivity contribution in [3.63, 3.8) is 0 Å². The summed E-state index contributed by atoms with van der Waals surface area (Å²) in [6, 6.07) is 7.29. The lowest BCUT2D eigenvalue weighted by atomic mass is 10.3. The first-order chi connectivity index (χ1) is 13.1. The largest absolute Gasteiger partial charge is 0.484 e. The number of carbonyl (C=O) groups is 1. The van der Waals surface area contributed by atoms with Gasteiger partial charge in [0.05, 0.1) is 0 Å². The highest BCUT2D eigenvalue weighted by molar-refractivity contribution is 5.77. The summed E-state index contributed by atoms with van der Waals surface area (Å²) in [7, 11) is 0. The molecule has 0 saturated heterocycles. The Balaban J connectivity index is 1.40. The molecule has 2 N–H and O–H groups in total. The number of benzene rings is 1. The molecule has 0 bridgehead atoms. The van der Waals surface area contributed by atoms with Gasteiger partial charge in [0.1, 0.15) is 35.4 Å². The molecule has 3 aromatic rings. The molecule has 0 aliphatic heterocycles. The topological polar surface area (TPSA) is 94.0 Å². The number of hydrogen-bond donors (Lipinski definition) is 2. The predicted octanol–water partition coefficient (Wildman–Crippen LogP) is 1.72. The number of nitrogens with one attached hydrogen (secondary N) is 2. The highest BCUT2D eigenvalue weighted by Gasteiger charge is 2.05. The minimum atomic E-state index is -0.353. The third-order valence-electron chi connectivity index (χ3n) is 3.66. The third kappa shape index (κ3) is 5.24. The SMILES string of the molecule is Cc1nccn1-c1cc(NCCNC(=O)COc2ccc(F)cc2)ncn1. The van der Waals surface area contributed by atoms with Crippen LogP contribution in [0, 0.1) is 12.7 Å². The first kappa shape index (κ1) is 18.3. The van der Waals surface area contributed by atoms with E-state index >= 15 is 0 Å². The van der Waals surface area contributed by atoms with Gasteiger partial charge in [-0.1, -0.05) is 0 Å². The average molecular weight is 370 g/mol. The number of ether oxygens (including phenoxy) is 1. The van der Waals surface area contributed by atoms with Crippen molar-refractivity contribution in [2.24, 2.45) is 0 Å². The Kier molecular flexibility index (Phi) is 5.93. The van der Waals surface area contributed by atoms with E-state index in [0.29, 0.717) is 30.5 Å². The lowest BCUT2D eigenvalue weighted by Gasteiger charge is -2.10. The number of aromatic nitrogens is 4. The van der Waals surface area contributed by atoms with E-state index < -0.39 is 0 Å². The lowest BCUT2D eigenvalue weighted by Crippen LogP contribution is -2.32. The van der Waals surface area contributed by atoms with Crippen molar-refractivity contribution in [2.75, 3.05) is 25.0 Å². The van der Waals surface area contributed by atoms with Crippen molar-refractivity contribution < 1.29 is 13.9 Å². The minimum absolute atomic E-state index is 0.136. The van der Waals surface area contributed by atoms with Gasteiger partial charge in [-0.05, 0) is 31.2 Å². The van der Waals surface area contributed by atoms with Crippen LogP contribution in [-0.4, -0.2) is 45.1 Å². The van der Waals surface area contributed by atoms with Crippen LogP contribution in [0.15, 0.2) is 49.1 Å². The van der Waals surface area contributed by atoms with E-state index in [4.69, 9.17) is 4.74 Å². The van der Waals surface area contributed by atoms with E-state index in [-0.39, 0.29) is 18.3 Å². The van der Waals surface area contributed by atoms with E-state index in [1.807, 2.05) is 17.7 Å². The number of hydrogen-bond acceptors (Lipinski definition) is 6. The van der Waals surface area contributed by atoms with E-state index in [9.17, 15) is 9.18 Å². The monoisotopic (exact) mass is 370 g/mol. The van der Waals surface area contributed by atoms with Crippen LogP contribution in [0.5, 0.6) is 5.75 Å². The van der Waals surface area contributed by atoms with Gasteiger partial charge in [0, 0.05) is 31.5 Å². The summed E-state index contributed by atoms with van der Waals surface area (Å²) < 4.78 is 19.9. The molecule has 0 radical (unpaired) electrons. The molecule has 140 valence electrons. The van der Waals surface area contributed by atoms with Crippen molar-refractivity contribution in [3.05, 3.63) is 60.7 Å². The van der Waals surface area contributed by atoms with Crippen LogP contribution in [-0.2, 0) is 4.79 Å². The summed E-state index contributed by atoms with van der Waals surface area (Å²) in [6.45, 7) is 2.64. The normalized spacial score (nSPS) is 10.4. The van der Waals surface area contributed by atoms with Gasteiger partial charge in [-0.25, -0.2) is 19.3 Å². The second-order valence-corrected chi connectivity index (χ2v) is 5.63. The molecular weight excluding hydrogens is 351 g/mol. The van der Waals surface area contributed by atoms with Crippen LogP contribution in [0.4, 0.5) is 10.2 Å². The summed E-state index contributed by atoms with van der Waals surface area (Å²) in [5.74, 6) is 2.00. The van der Waals surface area contributed by atoms with Crippen molar-refractivity contribution in [1.82, 2.24) is 24.8 Å². The van der Waals surface area contributed by atoms with Gasteiger partial charge in [0.25, 0.3) is 5.91 Å². The van der Waals surface area contributed by atoms with Gasteiger partial charge >= 0.3 is 0 Å². The Morgan fingerprint density at radius 1 is 1.19 bits per heavy atom. The number of rotatable bonds is 8. The molecule has 3 rings (SSSR count). The highest BCUT2D eigenvalue weighted by atomic mass is 19.1. The third-order valence-corrected chi connectivity index (χ3v) is 3.66.